The Morgan fingerprint density at radius 2 is 2.26 bits per heavy atom. The summed E-state index contributed by atoms with van der Waals surface area (Å²) in [6.45, 7) is 2.61. The lowest BCUT2D eigenvalue weighted by Gasteiger charge is -2.34. The summed E-state index contributed by atoms with van der Waals surface area (Å²) in [4.78, 5) is 20.3. The van der Waals surface area contributed by atoms with Crippen LogP contribution in [0.2, 0.25) is 4.34 Å². The summed E-state index contributed by atoms with van der Waals surface area (Å²) in [7, 11) is 0. The fourth-order valence-corrected chi connectivity index (χ4v) is 3.72. The Labute approximate surface area is 124 Å². The fourth-order valence-electron chi connectivity index (χ4n) is 2.03. The molecule has 2 aromatic rings. The number of nitrogens with zero attached hydrogens (tertiary/aromatic N) is 3. The zero-order valence-electron chi connectivity index (χ0n) is 10.1. The molecule has 4 nitrogen and oxygen atoms in total. The first-order chi connectivity index (χ1) is 9.22. The van der Waals surface area contributed by atoms with E-state index in [-0.39, 0.29) is 5.91 Å². The van der Waals surface area contributed by atoms with Crippen molar-refractivity contribution in [3.8, 4) is 0 Å². The maximum absolute atomic E-state index is 12.1. The van der Waals surface area contributed by atoms with Crippen LogP contribution in [0.3, 0.4) is 0 Å². The molecule has 1 aliphatic heterocycles. The zero-order valence-corrected chi connectivity index (χ0v) is 12.5. The van der Waals surface area contributed by atoms with Crippen LogP contribution >= 0.6 is 34.3 Å². The average molecular weight is 314 g/mol. The molecule has 19 heavy (non-hydrogen) atoms. The van der Waals surface area contributed by atoms with E-state index in [0.29, 0.717) is 13.1 Å². The molecule has 1 amide bonds. The average Bonchev–Trinajstić information content (AvgIpc) is 3.03. The highest BCUT2D eigenvalue weighted by Crippen LogP contribution is 2.30. The van der Waals surface area contributed by atoms with Crippen molar-refractivity contribution in [2.24, 2.45) is 0 Å². The van der Waals surface area contributed by atoms with E-state index in [1.54, 1.807) is 17.5 Å². The second-order valence-corrected chi connectivity index (χ2v) is 6.91. The number of carbonyl (C=O) groups excluding carboxylic acids is 1. The molecule has 0 N–H and O–H groups in total. The highest BCUT2D eigenvalue weighted by Gasteiger charge is 2.25. The molecule has 0 radical (unpaired) electrons. The Bertz CT molecular complexity index is 569. The molecule has 2 aromatic heterocycles. The van der Waals surface area contributed by atoms with E-state index in [2.05, 4.69) is 9.88 Å². The monoisotopic (exact) mass is 313 g/mol. The first kappa shape index (κ1) is 12.9. The van der Waals surface area contributed by atoms with E-state index in [9.17, 15) is 4.79 Å². The molecule has 3 rings (SSSR count). The van der Waals surface area contributed by atoms with Gasteiger partial charge in [-0.05, 0) is 12.1 Å². The Balaban J connectivity index is 1.64. The molecule has 0 aliphatic carbocycles. The molecule has 7 heteroatoms. The van der Waals surface area contributed by atoms with Crippen LogP contribution in [0.15, 0.2) is 23.7 Å². The van der Waals surface area contributed by atoms with Crippen molar-refractivity contribution in [3.63, 3.8) is 0 Å². The summed E-state index contributed by atoms with van der Waals surface area (Å²) in [5, 5.41) is 3.98. The fraction of sp³-hybridized carbons (Fsp3) is 0.333. The SMILES string of the molecule is O=C1CN(c2ccc(Cl)s2)CCN1Cc1nccs1. The number of carbonyl (C=O) groups is 1. The number of hydrogen-bond donors (Lipinski definition) is 0. The smallest absolute Gasteiger partial charge is 0.242 e. The van der Waals surface area contributed by atoms with Crippen molar-refractivity contribution in [2.45, 2.75) is 6.54 Å². The molecule has 0 spiro atoms. The van der Waals surface area contributed by atoms with Crippen molar-refractivity contribution in [1.82, 2.24) is 9.88 Å². The van der Waals surface area contributed by atoms with Gasteiger partial charge in [0.25, 0.3) is 0 Å². The molecule has 0 aromatic carbocycles. The van der Waals surface area contributed by atoms with Crippen molar-refractivity contribution < 1.29 is 4.79 Å². The van der Waals surface area contributed by atoms with Gasteiger partial charge in [0.15, 0.2) is 0 Å². The number of thiazole rings is 1. The molecular weight excluding hydrogens is 302 g/mol. The Morgan fingerprint density at radius 1 is 1.37 bits per heavy atom. The molecule has 0 bridgehead atoms. The van der Waals surface area contributed by atoms with E-state index < -0.39 is 0 Å². The lowest BCUT2D eigenvalue weighted by molar-refractivity contribution is -0.131. The van der Waals surface area contributed by atoms with E-state index in [1.807, 2.05) is 22.4 Å². The topological polar surface area (TPSA) is 36.4 Å². The van der Waals surface area contributed by atoms with E-state index >= 15 is 0 Å². The summed E-state index contributed by atoms with van der Waals surface area (Å²) < 4.78 is 0.757. The van der Waals surface area contributed by atoms with Gasteiger partial charge in [0.2, 0.25) is 5.91 Å². The molecule has 1 fully saturated rings. The molecule has 1 aliphatic rings. The first-order valence-corrected chi connectivity index (χ1v) is 7.96. The van der Waals surface area contributed by atoms with Crippen LogP contribution in [0.1, 0.15) is 5.01 Å². The van der Waals surface area contributed by atoms with Gasteiger partial charge >= 0.3 is 0 Å². The van der Waals surface area contributed by atoms with Gasteiger partial charge < -0.3 is 9.80 Å². The summed E-state index contributed by atoms with van der Waals surface area (Å²) in [6.07, 6.45) is 1.77. The molecule has 1 saturated heterocycles. The van der Waals surface area contributed by atoms with Gasteiger partial charge in [-0.15, -0.1) is 22.7 Å². The van der Waals surface area contributed by atoms with Gasteiger partial charge in [-0.3, -0.25) is 4.79 Å². The summed E-state index contributed by atoms with van der Waals surface area (Å²) in [6, 6.07) is 3.84. The third-order valence-electron chi connectivity index (χ3n) is 3.00. The highest BCUT2D eigenvalue weighted by atomic mass is 35.5. The molecular formula is C12H12ClN3OS2. The lowest BCUT2D eigenvalue weighted by Crippen LogP contribution is -2.49. The minimum absolute atomic E-state index is 0.144. The number of anilines is 1. The number of aromatic nitrogens is 1. The van der Waals surface area contributed by atoms with Gasteiger partial charge in [0, 0.05) is 24.7 Å². The molecule has 3 heterocycles. The van der Waals surface area contributed by atoms with Gasteiger partial charge in [0.1, 0.15) is 5.01 Å². The number of thiophene rings is 1. The zero-order chi connectivity index (χ0) is 13.2. The molecule has 0 saturated carbocycles. The molecule has 0 unspecified atom stereocenters. The summed E-state index contributed by atoms with van der Waals surface area (Å²) in [5.74, 6) is 0.144. The number of piperazine rings is 1. The summed E-state index contributed by atoms with van der Waals surface area (Å²) in [5.41, 5.74) is 0. The van der Waals surface area contributed by atoms with Crippen molar-refractivity contribution in [2.75, 3.05) is 24.5 Å². The Hall–Kier alpha value is -1.11. The number of halogens is 1. The van der Waals surface area contributed by atoms with Crippen LogP contribution < -0.4 is 4.90 Å². The largest absolute Gasteiger partial charge is 0.352 e. The number of rotatable bonds is 3. The van der Waals surface area contributed by atoms with Crippen LogP contribution in [0, 0.1) is 0 Å². The van der Waals surface area contributed by atoms with Gasteiger partial charge in [0.05, 0.1) is 22.4 Å². The highest BCUT2D eigenvalue weighted by molar-refractivity contribution is 7.19. The maximum Gasteiger partial charge on any atom is 0.242 e. The van der Waals surface area contributed by atoms with E-state index in [0.717, 1.165) is 27.4 Å². The molecule has 100 valence electrons. The minimum atomic E-state index is 0.144. The van der Waals surface area contributed by atoms with Crippen molar-refractivity contribution in [1.29, 1.82) is 0 Å². The van der Waals surface area contributed by atoms with E-state index in [1.165, 1.54) is 11.3 Å². The van der Waals surface area contributed by atoms with Gasteiger partial charge in [-0.25, -0.2) is 4.98 Å². The van der Waals surface area contributed by atoms with Crippen LogP contribution in [-0.4, -0.2) is 35.4 Å². The Kier molecular flexibility index (Phi) is 3.72. The van der Waals surface area contributed by atoms with Crippen LogP contribution in [0.4, 0.5) is 5.00 Å². The predicted octanol–water partition coefficient (Wildman–Crippen LogP) is 2.71. The molecule has 0 atom stereocenters. The van der Waals surface area contributed by atoms with E-state index in [4.69, 9.17) is 11.6 Å². The second kappa shape index (κ2) is 5.48. The Morgan fingerprint density at radius 3 is 2.89 bits per heavy atom. The quantitative estimate of drug-likeness (QED) is 0.874. The number of hydrogen-bond acceptors (Lipinski definition) is 5. The standard InChI is InChI=1S/C12H12ClN3OS2/c13-9-1-2-12(19-9)16-5-4-15(11(17)8-16)7-10-14-3-6-18-10/h1-3,6H,4-5,7-8H2. The third-order valence-corrected chi connectivity index (χ3v) is 5.06. The third kappa shape index (κ3) is 2.91. The maximum atomic E-state index is 12.1. The van der Waals surface area contributed by atoms with Gasteiger partial charge in [-0.2, -0.15) is 0 Å². The van der Waals surface area contributed by atoms with Crippen LogP contribution in [0.25, 0.3) is 0 Å². The minimum Gasteiger partial charge on any atom is -0.352 e. The lowest BCUT2D eigenvalue weighted by atomic mass is 10.3. The van der Waals surface area contributed by atoms with Crippen LogP contribution in [-0.2, 0) is 11.3 Å². The summed E-state index contributed by atoms with van der Waals surface area (Å²) >= 11 is 9.03. The normalized spacial score (nSPS) is 16.2. The second-order valence-electron chi connectivity index (χ2n) is 4.24. The number of amides is 1. The predicted molar refractivity (Wildman–Crippen MR) is 79.1 cm³/mol. The van der Waals surface area contributed by atoms with Crippen LogP contribution in [0.5, 0.6) is 0 Å². The van der Waals surface area contributed by atoms with Crippen molar-refractivity contribution >= 4 is 45.2 Å². The van der Waals surface area contributed by atoms with Crippen molar-refractivity contribution in [3.05, 3.63) is 33.1 Å². The first-order valence-electron chi connectivity index (χ1n) is 5.89. The van der Waals surface area contributed by atoms with Gasteiger partial charge in [-0.1, -0.05) is 11.6 Å².